The van der Waals surface area contributed by atoms with E-state index in [0.717, 1.165) is 12.4 Å². The summed E-state index contributed by atoms with van der Waals surface area (Å²) >= 11 is 0. The Balaban J connectivity index is 2.12. The molecule has 0 aliphatic rings. The van der Waals surface area contributed by atoms with Crippen molar-refractivity contribution in [1.29, 1.82) is 0 Å². The third-order valence-electron chi connectivity index (χ3n) is 3.30. The fourth-order valence-corrected chi connectivity index (χ4v) is 2.17. The van der Waals surface area contributed by atoms with Gasteiger partial charge in [0.05, 0.1) is 21.9 Å². The average molecular weight is 334 g/mol. The van der Waals surface area contributed by atoms with Crippen LogP contribution in [0, 0.1) is 15.9 Å². The molecule has 9 heteroatoms. The molecule has 0 fully saturated rings. The minimum absolute atomic E-state index is 0.0211. The van der Waals surface area contributed by atoms with Crippen molar-refractivity contribution in [3.05, 3.63) is 64.7 Å². The number of aromatic nitrogens is 3. The molecule has 2 heterocycles. The quantitative estimate of drug-likeness (QED) is 0.533. The van der Waals surface area contributed by atoms with E-state index in [1.165, 1.54) is 36.4 Å². The maximum atomic E-state index is 13.0. The van der Waals surface area contributed by atoms with Crippen LogP contribution in [0.1, 0.15) is 6.55 Å². The summed E-state index contributed by atoms with van der Waals surface area (Å²) in [5.74, 6) is -0.434. The van der Waals surface area contributed by atoms with Crippen LogP contribution < -0.4 is 0 Å². The van der Waals surface area contributed by atoms with Crippen LogP contribution in [0.5, 0.6) is 0 Å². The van der Waals surface area contributed by atoms with E-state index >= 15 is 0 Å². The van der Waals surface area contributed by atoms with Gasteiger partial charge in [0.25, 0.3) is 5.69 Å². The number of nitro groups is 1. The SMILES string of the molecule is O=[N+]([O-])c1cnc(-c2ccc(F)cc2)cc1-c1ccn(C(F)F)n1. The number of alkyl halides is 2. The molecule has 0 radical (unpaired) electrons. The van der Waals surface area contributed by atoms with Gasteiger partial charge in [-0.1, -0.05) is 0 Å². The highest BCUT2D eigenvalue weighted by atomic mass is 19.3. The van der Waals surface area contributed by atoms with Crippen molar-refractivity contribution in [3.63, 3.8) is 0 Å². The number of hydrogen-bond donors (Lipinski definition) is 0. The lowest BCUT2D eigenvalue weighted by Gasteiger charge is -2.05. The van der Waals surface area contributed by atoms with Gasteiger partial charge < -0.3 is 0 Å². The molecule has 1 aromatic carbocycles. The Kier molecular flexibility index (Phi) is 3.98. The van der Waals surface area contributed by atoms with Gasteiger partial charge in [-0.3, -0.25) is 10.1 Å². The molecule has 24 heavy (non-hydrogen) atoms. The summed E-state index contributed by atoms with van der Waals surface area (Å²) in [6, 6.07) is 8.00. The van der Waals surface area contributed by atoms with Gasteiger partial charge in [-0.25, -0.2) is 14.1 Å². The summed E-state index contributed by atoms with van der Waals surface area (Å²) in [7, 11) is 0. The zero-order chi connectivity index (χ0) is 17.3. The first kappa shape index (κ1) is 15.7. The van der Waals surface area contributed by atoms with Crippen LogP contribution in [-0.2, 0) is 0 Å². The zero-order valence-corrected chi connectivity index (χ0v) is 11.9. The lowest BCUT2D eigenvalue weighted by Crippen LogP contribution is -1.99. The van der Waals surface area contributed by atoms with Gasteiger partial charge in [0.15, 0.2) is 0 Å². The van der Waals surface area contributed by atoms with Gasteiger partial charge >= 0.3 is 6.55 Å². The van der Waals surface area contributed by atoms with E-state index in [1.54, 1.807) is 0 Å². The standard InChI is InChI=1S/C15H9F3N4O2/c16-10-3-1-9(2-4-10)13-7-11(14(8-19-13)22(23)24)12-5-6-21(20-12)15(17)18/h1-8,15H. The summed E-state index contributed by atoms with van der Waals surface area (Å²) in [5.41, 5.74) is 0.574. The molecular weight excluding hydrogens is 325 g/mol. The summed E-state index contributed by atoms with van der Waals surface area (Å²) in [6.07, 6.45) is 2.05. The predicted molar refractivity (Wildman–Crippen MR) is 78.8 cm³/mol. The van der Waals surface area contributed by atoms with Crippen molar-refractivity contribution in [2.24, 2.45) is 0 Å². The molecule has 0 aliphatic heterocycles. The lowest BCUT2D eigenvalue weighted by molar-refractivity contribution is -0.384. The molecule has 0 spiro atoms. The summed E-state index contributed by atoms with van der Waals surface area (Å²) in [4.78, 5) is 14.5. The Morgan fingerprint density at radius 1 is 1.12 bits per heavy atom. The Morgan fingerprint density at radius 2 is 1.83 bits per heavy atom. The van der Waals surface area contributed by atoms with Gasteiger partial charge in [-0.05, 0) is 36.4 Å². The molecule has 0 amide bonds. The van der Waals surface area contributed by atoms with E-state index < -0.39 is 17.3 Å². The Hall–Kier alpha value is -3.23. The van der Waals surface area contributed by atoms with Crippen LogP contribution >= 0.6 is 0 Å². The molecule has 6 nitrogen and oxygen atoms in total. The monoisotopic (exact) mass is 334 g/mol. The van der Waals surface area contributed by atoms with Crippen molar-refractivity contribution < 1.29 is 18.1 Å². The maximum Gasteiger partial charge on any atom is 0.333 e. The van der Waals surface area contributed by atoms with Gasteiger partial charge in [-0.15, -0.1) is 0 Å². The maximum absolute atomic E-state index is 13.0. The van der Waals surface area contributed by atoms with Crippen molar-refractivity contribution >= 4 is 5.69 Å². The van der Waals surface area contributed by atoms with Crippen molar-refractivity contribution in [3.8, 4) is 22.5 Å². The van der Waals surface area contributed by atoms with Gasteiger partial charge in [0, 0.05) is 11.8 Å². The fourth-order valence-electron chi connectivity index (χ4n) is 2.17. The smallest absolute Gasteiger partial charge is 0.258 e. The van der Waals surface area contributed by atoms with E-state index in [4.69, 9.17) is 0 Å². The predicted octanol–water partition coefficient (Wildman–Crippen LogP) is 4.05. The Labute approximate surface area is 133 Å². The highest BCUT2D eigenvalue weighted by Crippen LogP contribution is 2.32. The second kappa shape index (κ2) is 6.11. The first-order valence-corrected chi connectivity index (χ1v) is 6.70. The number of pyridine rings is 1. The van der Waals surface area contributed by atoms with Gasteiger partial charge in [0.2, 0.25) is 0 Å². The van der Waals surface area contributed by atoms with Gasteiger partial charge in [-0.2, -0.15) is 13.9 Å². The lowest BCUT2D eigenvalue weighted by atomic mass is 10.1. The first-order chi connectivity index (χ1) is 11.5. The fraction of sp³-hybridized carbons (Fsp3) is 0.0667. The molecule has 122 valence electrons. The van der Waals surface area contributed by atoms with Crippen molar-refractivity contribution in [2.75, 3.05) is 0 Å². The van der Waals surface area contributed by atoms with E-state index in [-0.39, 0.29) is 16.9 Å². The molecule has 0 saturated carbocycles. The molecular formula is C15H9F3N4O2. The highest BCUT2D eigenvalue weighted by molar-refractivity contribution is 5.75. The number of halogens is 3. The molecule has 0 aliphatic carbocycles. The third-order valence-corrected chi connectivity index (χ3v) is 3.30. The average Bonchev–Trinajstić information content (AvgIpc) is 3.05. The Morgan fingerprint density at radius 3 is 2.42 bits per heavy atom. The number of hydrogen-bond acceptors (Lipinski definition) is 4. The molecule has 0 bridgehead atoms. The van der Waals surface area contributed by atoms with Crippen LogP contribution in [0.2, 0.25) is 0 Å². The van der Waals surface area contributed by atoms with E-state index in [1.807, 2.05) is 0 Å². The minimum atomic E-state index is -2.85. The minimum Gasteiger partial charge on any atom is -0.258 e. The van der Waals surface area contributed by atoms with E-state index in [2.05, 4.69) is 10.1 Å². The molecule has 2 aromatic heterocycles. The van der Waals surface area contributed by atoms with Crippen LogP contribution in [-0.4, -0.2) is 19.7 Å². The molecule has 0 unspecified atom stereocenters. The summed E-state index contributed by atoms with van der Waals surface area (Å²) < 4.78 is 38.7. The van der Waals surface area contributed by atoms with Crippen molar-refractivity contribution in [2.45, 2.75) is 6.55 Å². The molecule has 0 N–H and O–H groups in total. The third kappa shape index (κ3) is 2.96. The summed E-state index contributed by atoms with van der Waals surface area (Å²) in [6.45, 7) is -2.85. The van der Waals surface area contributed by atoms with Gasteiger partial charge in [0.1, 0.15) is 12.0 Å². The number of benzene rings is 1. The van der Waals surface area contributed by atoms with Crippen LogP contribution in [0.15, 0.2) is 48.8 Å². The zero-order valence-electron chi connectivity index (χ0n) is 11.9. The van der Waals surface area contributed by atoms with Crippen LogP contribution in [0.4, 0.5) is 18.9 Å². The topological polar surface area (TPSA) is 73.8 Å². The Bertz CT molecular complexity index is 894. The number of nitrogens with zero attached hydrogens (tertiary/aromatic N) is 4. The highest BCUT2D eigenvalue weighted by Gasteiger charge is 2.20. The molecule has 3 aromatic rings. The summed E-state index contributed by atoms with van der Waals surface area (Å²) in [5, 5.41) is 14.8. The molecule has 3 rings (SSSR count). The number of rotatable bonds is 4. The van der Waals surface area contributed by atoms with Crippen LogP contribution in [0.25, 0.3) is 22.5 Å². The van der Waals surface area contributed by atoms with E-state index in [0.29, 0.717) is 15.9 Å². The second-order valence-corrected chi connectivity index (χ2v) is 4.81. The second-order valence-electron chi connectivity index (χ2n) is 4.81. The molecule has 0 saturated heterocycles. The normalized spacial score (nSPS) is 11.0. The van der Waals surface area contributed by atoms with Crippen molar-refractivity contribution in [1.82, 2.24) is 14.8 Å². The largest absolute Gasteiger partial charge is 0.333 e. The van der Waals surface area contributed by atoms with E-state index in [9.17, 15) is 23.3 Å². The first-order valence-electron chi connectivity index (χ1n) is 6.70. The molecule has 0 atom stereocenters. The van der Waals surface area contributed by atoms with Crippen LogP contribution in [0.3, 0.4) is 0 Å².